The molecule has 1 aromatic carbocycles. The number of rotatable bonds is 5. The maximum Gasteiger partial charge on any atom is 0.145 e. The van der Waals surface area contributed by atoms with E-state index in [0.29, 0.717) is 11.7 Å². The van der Waals surface area contributed by atoms with Crippen molar-refractivity contribution in [2.75, 3.05) is 31.6 Å². The van der Waals surface area contributed by atoms with Gasteiger partial charge in [-0.1, -0.05) is 0 Å². The molecule has 1 aliphatic heterocycles. The highest BCUT2D eigenvalue weighted by Crippen LogP contribution is 2.33. The maximum atomic E-state index is 13.2. The molecule has 1 unspecified atom stereocenters. The normalized spacial score (nSPS) is 22.8. The molecule has 0 bridgehead atoms. The van der Waals surface area contributed by atoms with Crippen molar-refractivity contribution in [2.24, 2.45) is 5.92 Å². The first-order chi connectivity index (χ1) is 9.26. The van der Waals surface area contributed by atoms with Crippen molar-refractivity contribution < 1.29 is 9.13 Å². The highest BCUT2D eigenvalue weighted by Gasteiger charge is 2.27. The quantitative estimate of drug-likeness (QED) is 0.884. The van der Waals surface area contributed by atoms with Gasteiger partial charge in [0.05, 0.1) is 12.8 Å². The van der Waals surface area contributed by atoms with Gasteiger partial charge in [-0.3, -0.25) is 0 Å². The van der Waals surface area contributed by atoms with E-state index in [0.717, 1.165) is 31.4 Å². The maximum absolute atomic E-state index is 13.2. The average molecular weight is 264 g/mol. The second-order valence-corrected chi connectivity index (χ2v) is 5.60. The van der Waals surface area contributed by atoms with Crippen LogP contribution in [0.1, 0.15) is 19.3 Å². The second kappa shape index (κ2) is 5.37. The Morgan fingerprint density at radius 2 is 2.21 bits per heavy atom. The molecule has 0 radical (unpaired) electrons. The number of ether oxygens (including phenoxy) is 1. The molecule has 0 spiro atoms. The summed E-state index contributed by atoms with van der Waals surface area (Å²) in [5.41, 5.74) is 1.01. The van der Waals surface area contributed by atoms with Crippen LogP contribution in [0.2, 0.25) is 0 Å². The Balaban J connectivity index is 1.62. The van der Waals surface area contributed by atoms with Crippen LogP contribution in [0, 0.1) is 11.7 Å². The van der Waals surface area contributed by atoms with Crippen LogP contribution in [0.15, 0.2) is 18.2 Å². The highest BCUT2D eigenvalue weighted by molar-refractivity contribution is 5.59. The summed E-state index contributed by atoms with van der Waals surface area (Å²) in [6.45, 7) is 3.16. The number of nitrogens with one attached hydrogen (secondary N) is 1. The molecule has 3 rings (SSSR count). The second-order valence-electron chi connectivity index (χ2n) is 5.60. The molecule has 1 atom stereocenters. The smallest absolute Gasteiger partial charge is 0.145 e. The van der Waals surface area contributed by atoms with Crippen molar-refractivity contribution in [1.82, 2.24) is 5.32 Å². The number of benzene rings is 1. The highest BCUT2D eigenvalue weighted by atomic mass is 19.1. The Bertz CT molecular complexity index is 448. The number of nitrogens with zero attached hydrogens (tertiary/aromatic N) is 1. The lowest BCUT2D eigenvalue weighted by molar-refractivity contribution is 0.411. The average Bonchev–Trinajstić information content (AvgIpc) is 3.14. The van der Waals surface area contributed by atoms with Crippen LogP contribution in [-0.2, 0) is 0 Å². The zero-order valence-electron chi connectivity index (χ0n) is 11.4. The van der Waals surface area contributed by atoms with Crippen LogP contribution in [0.25, 0.3) is 0 Å². The minimum atomic E-state index is -0.244. The molecule has 1 N–H and O–H groups in total. The van der Waals surface area contributed by atoms with E-state index in [1.54, 1.807) is 7.11 Å². The van der Waals surface area contributed by atoms with Crippen molar-refractivity contribution >= 4 is 5.69 Å². The minimum absolute atomic E-state index is 0.244. The topological polar surface area (TPSA) is 24.5 Å². The molecule has 1 saturated heterocycles. The molecule has 0 amide bonds. The molecule has 3 nitrogen and oxygen atoms in total. The van der Waals surface area contributed by atoms with Gasteiger partial charge in [-0.15, -0.1) is 0 Å². The first-order valence-corrected chi connectivity index (χ1v) is 7.08. The van der Waals surface area contributed by atoms with Crippen molar-refractivity contribution in [2.45, 2.75) is 25.3 Å². The summed E-state index contributed by atoms with van der Waals surface area (Å²) in [4.78, 5) is 2.30. The Morgan fingerprint density at radius 1 is 1.37 bits per heavy atom. The summed E-state index contributed by atoms with van der Waals surface area (Å²) in [7, 11) is 1.60. The zero-order chi connectivity index (χ0) is 13.2. The van der Waals surface area contributed by atoms with Crippen molar-refractivity contribution in [3.63, 3.8) is 0 Å². The van der Waals surface area contributed by atoms with Gasteiger partial charge in [0.2, 0.25) is 0 Å². The van der Waals surface area contributed by atoms with Gasteiger partial charge in [0.15, 0.2) is 0 Å². The van der Waals surface area contributed by atoms with Gasteiger partial charge in [0.1, 0.15) is 11.6 Å². The first kappa shape index (κ1) is 12.7. The van der Waals surface area contributed by atoms with Crippen LogP contribution in [0.4, 0.5) is 10.1 Å². The van der Waals surface area contributed by atoms with Gasteiger partial charge in [0.25, 0.3) is 0 Å². The summed E-state index contributed by atoms with van der Waals surface area (Å²) in [6.07, 6.45) is 3.87. The fourth-order valence-electron chi connectivity index (χ4n) is 2.75. The monoisotopic (exact) mass is 264 g/mol. The van der Waals surface area contributed by atoms with Crippen LogP contribution >= 0.6 is 0 Å². The lowest BCUT2D eigenvalue weighted by atomic mass is 10.1. The summed E-state index contributed by atoms with van der Waals surface area (Å²) < 4.78 is 18.5. The Hall–Kier alpha value is -1.29. The molecule has 19 heavy (non-hydrogen) atoms. The van der Waals surface area contributed by atoms with E-state index in [1.807, 2.05) is 6.07 Å². The lowest BCUT2D eigenvalue weighted by Crippen LogP contribution is -2.27. The standard InChI is InChI=1S/C15H21FN2O/c1-19-15-8-12(16)2-5-14(15)18-7-6-11(10-18)9-17-13-3-4-13/h2,5,8,11,13,17H,3-4,6-7,9-10H2,1H3. The molecule has 0 aromatic heterocycles. The van der Waals surface area contributed by atoms with E-state index in [2.05, 4.69) is 10.2 Å². The summed E-state index contributed by atoms with van der Waals surface area (Å²) in [5, 5.41) is 3.59. The third kappa shape index (κ3) is 3.00. The third-order valence-corrected chi connectivity index (χ3v) is 4.04. The van der Waals surface area contributed by atoms with Gasteiger partial charge >= 0.3 is 0 Å². The van der Waals surface area contributed by atoms with Crippen LogP contribution in [0.3, 0.4) is 0 Å². The Morgan fingerprint density at radius 3 is 2.95 bits per heavy atom. The number of methoxy groups -OCH3 is 1. The fraction of sp³-hybridized carbons (Fsp3) is 0.600. The Labute approximate surface area is 113 Å². The SMILES string of the molecule is COc1cc(F)ccc1N1CCC(CNC2CC2)C1. The van der Waals surface area contributed by atoms with Gasteiger partial charge in [-0.2, -0.15) is 0 Å². The minimum Gasteiger partial charge on any atom is -0.494 e. The molecule has 1 aromatic rings. The lowest BCUT2D eigenvalue weighted by Gasteiger charge is -2.21. The van der Waals surface area contributed by atoms with E-state index < -0.39 is 0 Å². The zero-order valence-corrected chi connectivity index (χ0v) is 11.4. The van der Waals surface area contributed by atoms with Crippen molar-refractivity contribution in [3.05, 3.63) is 24.0 Å². The molecule has 1 heterocycles. The van der Waals surface area contributed by atoms with Crippen LogP contribution in [0.5, 0.6) is 5.75 Å². The molecule has 1 saturated carbocycles. The Kier molecular flexibility index (Phi) is 3.60. The molecule has 1 aliphatic carbocycles. The third-order valence-electron chi connectivity index (χ3n) is 4.04. The van der Waals surface area contributed by atoms with Gasteiger partial charge in [-0.25, -0.2) is 4.39 Å². The first-order valence-electron chi connectivity index (χ1n) is 7.08. The van der Waals surface area contributed by atoms with Crippen LogP contribution < -0.4 is 15.0 Å². The number of hydrogen-bond donors (Lipinski definition) is 1. The molecule has 2 fully saturated rings. The van der Waals surface area contributed by atoms with E-state index in [9.17, 15) is 4.39 Å². The van der Waals surface area contributed by atoms with Gasteiger partial charge in [-0.05, 0) is 43.9 Å². The molecule has 104 valence electrons. The van der Waals surface area contributed by atoms with Crippen molar-refractivity contribution in [1.29, 1.82) is 0 Å². The van der Waals surface area contributed by atoms with E-state index in [-0.39, 0.29) is 5.82 Å². The van der Waals surface area contributed by atoms with E-state index in [4.69, 9.17) is 4.74 Å². The fourth-order valence-corrected chi connectivity index (χ4v) is 2.75. The predicted molar refractivity (Wildman–Crippen MR) is 74.3 cm³/mol. The largest absolute Gasteiger partial charge is 0.494 e. The summed E-state index contributed by atoms with van der Waals surface area (Å²) in [5.74, 6) is 1.08. The van der Waals surface area contributed by atoms with Crippen molar-refractivity contribution in [3.8, 4) is 5.75 Å². The molecule has 2 aliphatic rings. The predicted octanol–water partition coefficient (Wildman–Crippen LogP) is 2.41. The van der Waals surface area contributed by atoms with Crippen LogP contribution in [-0.4, -0.2) is 32.8 Å². The van der Waals surface area contributed by atoms with Gasteiger partial charge in [0, 0.05) is 25.2 Å². The number of anilines is 1. The van der Waals surface area contributed by atoms with E-state index >= 15 is 0 Å². The molecular formula is C15H21FN2O. The molecular weight excluding hydrogens is 243 g/mol. The summed E-state index contributed by atoms with van der Waals surface area (Å²) in [6, 6.07) is 5.57. The number of halogens is 1. The number of hydrogen-bond acceptors (Lipinski definition) is 3. The van der Waals surface area contributed by atoms with Gasteiger partial charge < -0.3 is 15.0 Å². The van der Waals surface area contributed by atoms with E-state index in [1.165, 1.54) is 31.4 Å². The molecule has 4 heteroatoms. The summed E-state index contributed by atoms with van der Waals surface area (Å²) >= 11 is 0.